The molecule has 1 saturated heterocycles. The lowest BCUT2D eigenvalue weighted by atomic mass is 10.1. The Morgan fingerprint density at radius 2 is 1.69 bits per heavy atom. The molecule has 0 bridgehead atoms. The summed E-state index contributed by atoms with van der Waals surface area (Å²) in [5, 5.41) is 0. The van der Waals surface area contributed by atoms with E-state index in [2.05, 4.69) is 9.97 Å². The van der Waals surface area contributed by atoms with Crippen molar-refractivity contribution in [2.75, 3.05) is 18.0 Å². The van der Waals surface area contributed by atoms with Crippen LogP contribution in [-0.4, -0.2) is 40.1 Å². The molecule has 6 nitrogen and oxygen atoms in total. The summed E-state index contributed by atoms with van der Waals surface area (Å²) in [4.78, 5) is 25.6. The van der Waals surface area contributed by atoms with Crippen molar-refractivity contribution in [3.63, 3.8) is 0 Å². The lowest BCUT2D eigenvalue weighted by molar-refractivity contribution is 0.101. The number of likely N-dealkylation sites (tertiary alicyclic amines) is 1. The number of aryl methyl sites for hydroxylation is 1. The maximum Gasteiger partial charge on any atom is 0.329 e. The number of aromatic nitrogens is 2. The Kier molecular flexibility index (Phi) is 5.70. The number of nitrogens with zero attached hydrogens (tertiary/aromatic N) is 4. The van der Waals surface area contributed by atoms with Crippen LogP contribution in [0.2, 0.25) is 0 Å². The molecule has 148 valence electrons. The minimum atomic E-state index is -0.0876. The number of carbonyl (C=O) groups is 1. The molecular formula is C23H24N4O2. The lowest BCUT2D eigenvalue weighted by Gasteiger charge is -2.36. The Morgan fingerprint density at radius 3 is 2.31 bits per heavy atom. The number of anilines is 2. The van der Waals surface area contributed by atoms with Gasteiger partial charge >= 0.3 is 6.03 Å². The summed E-state index contributed by atoms with van der Waals surface area (Å²) >= 11 is 0. The van der Waals surface area contributed by atoms with Gasteiger partial charge in [-0.3, -0.25) is 4.90 Å². The molecule has 4 rings (SSSR count). The molecule has 1 aliphatic heterocycles. The topological polar surface area (TPSA) is 58.6 Å². The van der Waals surface area contributed by atoms with Gasteiger partial charge in [0.25, 0.3) is 0 Å². The second-order valence-electron chi connectivity index (χ2n) is 7.06. The third-order valence-corrected chi connectivity index (χ3v) is 4.91. The van der Waals surface area contributed by atoms with Crippen LogP contribution in [0.3, 0.4) is 0 Å². The SMILES string of the molecule is Cc1nccc(OC2CCCN(C(=O)N(c3ccccc3)c3ccccc3)C2)n1. The molecule has 1 aromatic heterocycles. The maximum atomic E-state index is 13.5. The number of ether oxygens (including phenoxy) is 1. The molecule has 1 aliphatic rings. The fourth-order valence-corrected chi connectivity index (χ4v) is 3.54. The molecule has 2 aromatic carbocycles. The van der Waals surface area contributed by atoms with E-state index in [1.54, 1.807) is 17.2 Å². The van der Waals surface area contributed by atoms with Crippen molar-refractivity contribution in [2.24, 2.45) is 0 Å². The summed E-state index contributed by atoms with van der Waals surface area (Å²) in [5.74, 6) is 1.23. The molecule has 1 unspecified atom stereocenters. The zero-order valence-electron chi connectivity index (χ0n) is 16.4. The highest BCUT2D eigenvalue weighted by Crippen LogP contribution is 2.28. The summed E-state index contributed by atoms with van der Waals surface area (Å²) in [6, 6.07) is 21.2. The Labute approximate surface area is 170 Å². The molecule has 1 fully saturated rings. The predicted molar refractivity (Wildman–Crippen MR) is 112 cm³/mol. The van der Waals surface area contributed by atoms with Crippen LogP contribution in [0, 0.1) is 6.92 Å². The molecule has 3 aromatic rings. The first-order valence-electron chi connectivity index (χ1n) is 9.86. The molecular weight excluding hydrogens is 364 g/mol. The van der Waals surface area contributed by atoms with Crippen molar-refractivity contribution in [3.8, 4) is 5.88 Å². The molecule has 1 atom stereocenters. The lowest BCUT2D eigenvalue weighted by Crippen LogP contribution is -2.49. The fourth-order valence-electron chi connectivity index (χ4n) is 3.54. The summed E-state index contributed by atoms with van der Waals surface area (Å²) in [6.45, 7) is 3.07. The molecule has 0 aliphatic carbocycles. The van der Waals surface area contributed by atoms with E-state index in [1.165, 1.54) is 0 Å². The van der Waals surface area contributed by atoms with Crippen LogP contribution in [0.15, 0.2) is 72.9 Å². The number of para-hydroxylation sites is 2. The number of urea groups is 1. The highest BCUT2D eigenvalue weighted by molar-refractivity contribution is 5.99. The van der Waals surface area contributed by atoms with E-state index in [0.29, 0.717) is 24.8 Å². The Hall–Kier alpha value is -3.41. The van der Waals surface area contributed by atoms with Gasteiger partial charge in [-0.2, -0.15) is 4.98 Å². The smallest absolute Gasteiger partial charge is 0.329 e. The van der Waals surface area contributed by atoms with Crippen LogP contribution in [-0.2, 0) is 0 Å². The maximum absolute atomic E-state index is 13.5. The quantitative estimate of drug-likeness (QED) is 0.656. The molecule has 6 heteroatoms. The summed E-state index contributed by atoms with van der Waals surface area (Å²) in [6.07, 6.45) is 3.38. The van der Waals surface area contributed by atoms with Gasteiger partial charge in [0.2, 0.25) is 5.88 Å². The van der Waals surface area contributed by atoms with Crippen LogP contribution in [0.5, 0.6) is 5.88 Å². The third-order valence-electron chi connectivity index (χ3n) is 4.91. The van der Waals surface area contributed by atoms with Gasteiger partial charge in [-0.1, -0.05) is 36.4 Å². The molecule has 2 amide bonds. The van der Waals surface area contributed by atoms with E-state index >= 15 is 0 Å². The zero-order chi connectivity index (χ0) is 20.1. The summed E-state index contributed by atoms with van der Waals surface area (Å²) in [7, 11) is 0. The predicted octanol–water partition coefficient (Wildman–Crippen LogP) is 4.59. The van der Waals surface area contributed by atoms with Crippen molar-refractivity contribution in [2.45, 2.75) is 25.9 Å². The minimum Gasteiger partial charge on any atom is -0.472 e. The molecule has 0 radical (unpaired) electrons. The van der Waals surface area contributed by atoms with Gasteiger partial charge in [-0.05, 0) is 44.0 Å². The van der Waals surface area contributed by atoms with E-state index < -0.39 is 0 Å². The van der Waals surface area contributed by atoms with E-state index in [9.17, 15) is 4.79 Å². The standard InChI is InChI=1S/C23H24N4O2/c1-18-24-15-14-22(25-18)29-21-13-8-16-26(17-21)23(28)27(19-9-4-2-5-10-19)20-11-6-3-7-12-20/h2-7,9-12,14-15,21H,8,13,16-17H2,1H3. The average Bonchev–Trinajstić information content (AvgIpc) is 2.76. The second-order valence-corrected chi connectivity index (χ2v) is 7.06. The normalized spacial score (nSPS) is 16.3. The van der Waals surface area contributed by atoms with Crippen molar-refractivity contribution in [1.82, 2.24) is 14.9 Å². The van der Waals surface area contributed by atoms with Crippen molar-refractivity contribution < 1.29 is 9.53 Å². The van der Waals surface area contributed by atoms with Gasteiger partial charge in [0.05, 0.1) is 17.9 Å². The number of hydrogen-bond acceptors (Lipinski definition) is 4. The van der Waals surface area contributed by atoms with Crippen LogP contribution in [0.4, 0.5) is 16.2 Å². The van der Waals surface area contributed by atoms with Gasteiger partial charge in [0, 0.05) is 18.8 Å². The van der Waals surface area contributed by atoms with Crippen molar-refractivity contribution in [1.29, 1.82) is 0 Å². The number of rotatable bonds is 4. The monoisotopic (exact) mass is 388 g/mol. The first kappa shape index (κ1) is 18.9. The van der Waals surface area contributed by atoms with Crippen molar-refractivity contribution in [3.05, 3.63) is 78.8 Å². The highest BCUT2D eigenvalue weighted by Gasteiger charge is 2.30. The van der Waals surface area contributed by atoms with Crippen LogP contribution in [0.25, 0.3) is 0 Å². The molecule has 0 saturated carbocycles. The van der Waals surface area contributed by atoms with Crippen LogP contribution in [0.1, 0.15) is 18.7 Å². The zero-order valence-corrected chi connectivity index (χ0v) is 16.4. The molecule has 2 heterocycles. The van der Waals surface area contributed by atoms with Crippen molar-refractivity contribution >= 4 is 17.4 Å². The Bertz CT molecular complexity index is 910. The van der Waals surface area contributed by atoms with Gasteiger partial charge in [0.1, 0.15) is 11.9 Å². The first-order valence-corrected chi connectivity index (χ1v) is 9.86. The van der Waals surface area contributed by atoms with Crippen LogP contribution >= 0.6 is 0 Å². The number of carbonyl (C=O) groups excluding carboxylic acids is 1. The Balaban J connectivity index is 1.54. The molecule has 29 heavy (non-hydrogen) atoms. The Morgan fingerprint density at radius 1 is 1.03 bits per heavy atom. The number of hydrogen-bond donors (Lipinski definition) is 0. The highest BCUT2D eigenvalue weighted by atomic mass is 16.5. The third kappa shape index (κ3) is 4.54. The van der Waals surface area contributed by atoms with Crippen LogP contribution < -0.4 is 9.64 Å². The largest absolute Gasteiger partial charge is 0.472 e. The summed E-state index contributed by atoms with van der Waals surface area (Å²) < 4.78 is 6.04. The molecule has 0 N–H and O–H groups in total. The minimum absolute atomic E-state index is 0.0467. The van der Waals surface area contributed by atoms with E-state index in [-0.39, 0.29) is 12.1 Å². The van der Waals surface area contributed by atoms with Gasteiger partial charge in [0.15, 0.2) is 0 Å². The summed E-state index contributed by atoms with van der Waals surface area (Å²) in [5.41, 5.74) is 1.69. The van der Waals surface area contributed by atoms with Gasteiger partial charge < -0.3 is 9.64 Å². The number of piperidine rings is 1. The van der Waals surface area contributed by atoms with E-state index in [4.69, 9.17) is 4.74 Å². The molecule has 0 spiro atoms. The number of amides is 2. The second kappa shape index (κ2) is 8.73. The fraction of sp³-hybridized carbons (Fsp3) is 0.261. The van der Waals surface area contributed by atoms with E-state index in [0.717, 1.165) is 24.2 Å². The van der Waals surface area contributed by atoms with Gasteiger partial charge in [-0.25, -0.2) is 9.78 Å². The first-order chi connectivity index (χ1) is 14.2. The van der Waals surface area contributed by atoms with E-state index in [1.807, 2.05) is 72.5 Å². The van der Waals surface area contributed by atoms with Gasteiger partial charge in [-0.15, -0.1) is 0 Å². The average molecular weight is 388 g/mol. The number of benzene rings is 2.